The van der Waals surface area contributed by atoms with Gasteiger partial charge in [0.05, 0.1) is 10.8 Å². The number of nitrogens with two attached hydrogens (primary N) is 2. The maximum Gasteiger partial charge on any atom is 0.223 e. The maximum atomic E-state index is 12.3. The molecule has 4 nitrogen and oxygen atoms in total. The first-order valence-electron chi connectivity index (χ1n) is 10.1. The zero-order valence-corrected chi connectivity index (χ0v) is 15.0. The zero-order chi connectivity index (χ0) is 17.2. The number of rotatable bonds is 4. The molecule has 0 heterocycles. The standard InChI is InChI=1S/C20H34N2O2/c21-17(23)19(11-3-1-4-12-19)15-7-9-16(10-8-15)20(18(22)24)13-5-2-6-14-20/h15-16H,1-14H2,(H2,21,23)(H2,22,24). The third kappa shape index (κ3) is 2.97. The highest BCUT2D eigenvalue weighted by Crippen LogP contribution is 2.54. The van der Waals surface area contributed by atoms with Crippen LogP contribution < -0.4 is 11.5 Å². The second kappa shape index (κ2) is 7.05. The van der Waals surface area contributed by atoms with Crippen LogP contribution in [0.5, 0.6) is 0 Å². The lowest BCUT2D eigenvalue weighted by Gasteiger charge is -2.48. The smallest absolute Gasteiger partial charge is 0.223 e. The van der Waals surface area contributed by atoms with Gasteiger partial charge in [0.1, 0.15) is 0 Å². The number of carbonyl (C=O) groups is 2. The van der Waals surface area contributed by atoms with Crippen LogP contribution in [0.25, 0.3) is 0 Å². The van der Waals surface area contributed by atoms with E-state index in [0.717, 1.165) is 77.0 Å². The van der Waals surface area contributed by atoms with Crippen molar-refractivity contribution in [1.29, 1.82) is 0 Å². The van der Waals surface area contributed by atoms with Crippen molar-refractivity contribution in [3.8, 4) is 0 Å². The lowest BCUT2D eigenvalue weighted by atomic mass is 9.55. The number of amides is 2. The fraction of sp³-hybridized carbons (Fsp3) is 0.900. The van der Waals surface area contributed by atoms with Crippen LogP contribution >= 0.6 is 0 Å². The number of hydrogen-bond acceptors (Lipinski definition) is 2. The molecule has 0 unspecified atom stereocenters. The molecule has 2 amide bonds. The molecule has 0 aromatic rings. The summed E-state index contributed by atoms with van der Waals surface area (Å²) in [7, 11) is 0. The minimum Gasteiger partial charge on any atom is -0.369 e. The van der Waals surface area contributed by atoms with Crippen molar-refractivity contribution in [2.24, 2.45) is 34.1 Å². The van der Waals surface area contributed by atoms with Crippen molar-refractivity contribution < 1.29 is 9.59 Å². The summed E-state index contributed by atoms with van der Waals surface area (Å²) in [6.07, 6.45) is 15.1. The van der Waals surface area contributed by atoms with Crippen molar-refractivity contribution >= 4 is 11.8 Å². The molecule has 3 aliphatic carbocycles. The van der Waals surface area contributed by atoms with Gasteiger partial charge in [-0.15, -0.1) is 0 Å². The highest BCUT2D eigenvalue weighted by Gasteiger charge is 2.50. The van der Waals surface area contributed by atoms with Gasteiger partial charge in [0.15, 0.2) is 0 Å². The third-order valence-electron chi connectivity index (χ3n) is 7.76. The summed E-state index contributed by atoms with van der Waals surface area (Å²) in [5.41, 5.74) is 11.2. The molecular weight excluding hydrogens is 300 g/mol. The highest BCUT2D eigenvalue weighted by atomic mass is 16.1. The molecule has 0 aromatic carbocycles. The molecule has 3 aliphatic rings. The van der Waals surface area contributed by atoms with Gasteiger partial charge in [-0.2, -0.15) is 0 Å². The van der Waals surface area contributed by atoms with E-state index in [-0.39, 0.29) is 22.6 Å². The van der Waals surface area contributed by atoms with Crippen LogP contribution in [0.2, 0.25) is 0 Å². The summed E-state index contributed by atoms with van der Waals surface area (Å²) in [5.74, 6) is 0.681. The Hall–Kier alpha value is -1.06. The van der Waals surface area contributed by atoms with Gasteiger partial charge >= 0.3 is 0 Å². The number of primary amides is 2. The Bertz CT molecular complexity index is 424. The first kappa shape index (κ1) is 17.8. The van der Waals surface area contributed by atoms with E-state index in [4.69, 9.17) is 11.5 Å². The second-order valence-corrected chi connectivity index (χ2v) is 8.71. The maximum absolute atomic E-state index is 12.3. The lowest BCUT2D eigenvalue weighted by Crippen LogP contribution is -2.49. The van der Waals surface area contributed by atoms with Gasteiger partial charge in [-0.3, -0.25) is 9.59 Å². The van der Waals surface area contributed by atoms with E-state index in [1.165, 1.54) is 12.8 Å². The van der Waals surface area contributed by atoms with Crippen molar-refractivity contribution in [3.63, 3.8) is 0 Å². The van der Waals surface area contributed by atoms with Gasteiger partial charge in [0, 0.05) is 0 Å². The Morgan fingerprint density at radius 1 is 0.583 bits per heavy atom. The second-order valence-electron chi connectivity index (χ2n) is 8.71. The van der Waals surface area contributed by atoms with Crippen LogP contribution in [0.3, 0.4) is 0 Å². The summed E-state index contributed by atoms with van der Waals surface area (Å²) in [6.45, 7) is 0. The van der Waals surface area contributed by atoms with E-state index in [0.29, 0.717) is 11.8 Å². The largest absolute Gasteiger partial charge is 0.369 e. The van der Waals surface area contributed by atoms with Crippen molar-refractivity contribution in [3.05, 3.63) is 0 Å². The average molecular weight is 335 g/mol. The summed E-state index contributed by atoms with van der Waals surface area (Å²) >= 11 is 0. The molecule has 3 saturated carbocycles. The molecule has 3 fully saturated rings. The first-order chi connectivity index (χ1) is 11.5. The highest BCUT2D eigenvalue weighted by molar-refractivity contribution is 5.82. The predicted octanol–water partition coefficient (Wildman–Crippen LogP) is 3.66. The Balaban J connectivity index is 1.70. The van der Waals surface area contributed by atoms with Crippen LogP contribution in [0.1, 0.15) is 89.9 Å². The van der Waals surface area contributed by atoms with Gasteiger partial charge in [-0.1, -0.05) is 38.5 Å². The molecule has 0 spiro atoms. The van der Waals surface area contributed by atoms with Crippen LogP contribution in [0.4, 0.5) is 0 Å². The van der Waals surface area contributed by atoms with Crippen LogP contribution in [0, 0.1) is 22.7 Å². The molecule has 0 saturated heterocycles. The topological polar surface area (TPSA) is 86.2 Å². The summed E-state index contributed by atoms with van der Waals surface area (Å²) in [5, 5.41) is 0. The van der Waals surface area contributed by atoms with E-state index >= 15 is 0 Å². The van der Waals surface area contributed by atoms with E-state index in [2.05, 4.69) is 0 Å². The monoisotopic (exact) mass is 334 g/mol. The molecule has 136 valence electrons. The minimum absolute atomic E-state index is 0.0760. The van der Waals surface area contributed by atoms with Gasteiger partial charge in [-0.25, -0.2) is 0 Å². The van der Waals surface area contributed by atoms with Crippen LogP contribution in [-0.4, -0.2) is 11.8 Å². The van der Waals surface area contributed by atoms with Crippen molar-refractivity contribution in [2.75, 3.05) is 0 Å². The molecular formula is C20H34N2O2. The molecule has 0 aromatic heterocycles. The predicted molar refractivity (Wildman–Crippen MR) is 94.9 cm³/mol. The molecule has 4 heteroatoms. The Kier molecular flexibility index (Phi) is 5.22. The van der Waals surface area contributed by atoms with E-state index in [1.807, 2.05) is 0 Å². The van der Waals surface area contributed by atoms with Crippen molar-refractivity contribution in [2.45, 2.75) is 89.9 Å². The van der Waals surface area contributed by atoms with Crippen molar-refractivity contribution in [1.82, 2.24) is 0 Å². The number of hydrogen-bond donors (Lipinski definition) is 2. The fourth-order valence-corrected chi connectivity index (χ4v) is 6.28. The zero-order valence-electron chi connectivity index (χ0n) is 15.0. The summed E-state index contributed by atoms with van der Waals surface area (Å²) in [4.78, 5) is 24.6. The van der Waals surface area contributed by atoms with E-state index < -0.39 is 0 Å². The third-order valence-corrected chi connectivity index (χ3v) is 7.76. The molecule has 0 atom stereocenters. The van der Waals surface area contributed by atoms with E-state index in [1.54, 1.807) is 0 Å². The lowest BCUT2D eigenvalue weighted by molar-refractivity contribution is -0.139. The van der Waals surface area contributed by atoms with Crippen LogP contribution in [0.15, 0.2) is 0 Å². The average Bonchev–Trinajstić information content (AvgIpc) is 2.62. The molecule has 0 radical (unpaired) electrons. The quantitative estimate of drug-likeness (QED) is 0.822. The molecule has 0 aliphatic heterocycles. The molecule has 3 rings (SSSR count). The Morgan fingerprint density at radius 3 is 1.12 bits per heavy atom. The SMILES string of the molecule is NC(=O)C1(C2CCC(C3(C(N)=O)CCCCC3)CC2)CCCCC1. The first-order valence-corrected chi connectivity index (χ1v) is 10.1. The summed E-state index contributed by atoms with van der Waals surface area (Å²) < 4.78 is 0. The van der Waals surface area contributed by atoms with Gasteiger partial charge < -0.3 is 11.5 Å². The van der Waals surface area contributed by atoms with Gasteiger partial charge in [0.2, 0.25) is 11.8 Å². The molecule has 4 N–H and O–H groups in total. The molecule has 0 bridgehead atoms. The number of carbonyl (C=O) groups excluding carboxylic acids is 2. The van der Waals surface area contributed by atoms with Crippen LogP contribution in [-0.2, 0) is 9.59 Å². The Labute approximate surface area is 146 Å². The normalized spacial score (nSPS) is 32.8. The Morgan fingerprint density at radius 2 is 0.875 bits per heavy atom. The molecule has 24 heavy (non-hydrogen) atoms. The van der Waals surface area contributed by atoms with E-state index in [9.17, 15) is 9.59 Å². The van der Waals surface area contributed by atoms with Gasteiger partial charge in [-0.05, 0) is 63.2 Å². The fourth-order valence-electron chi connectivity index (χ4n) is 6.28. The van der Waals surface area contributed by atoms with Gasteiger partial charge in [0.25, 0.3) is 0 Å². The summed E-state index contributed by atoms with van der Waals surface area (Å²) in [6, 6.07) is 0. The minimum atomic E-state index is -0.268.